The van der Waals surface area contributed by atoms with Crippen LogP contribution in [-0.4, -0.2) is 41.9 Å². The highest BCUT2D eigenvalue weighted by molar-refractivity contribution is 5.96. The zero-order valence-electron chi connectivity index (χ0n) is 15.8. The first-order valence-corrected chi connectivity index (χ1v) is 7.39. The molecule has 1 heterocycles. The Labute approximate surface area is 130 Å². The van der Waals surface area contributed by atoms with E-state index < -0.39 is 37.0 Å². The summed E-state index contributed by atoms with van der Waals surface area (Å²) < 4.78 is 27.8. The van der Waals surface area contributed by atoms with Crippen LogP contribution in [0.2, 0.25) is 0 Å². The zero-order valence-corrected chi connectivity index (χ0v) is 12.8. The van der Waals surface area contributed by atoms with Crippen LogP contribution in [0.15, 0.2) is 0 Å². The molecule has 2 N–H and O–H groups in total. The second kappa shape index (κ2) is 8.00. The molecule has 1 saturated heterocycles. The molecule has 1 amide bonds. The largest absolute Gasteiger partial charge is 0.458 e. The molecule has 0 aromatic carbocycles. The average molecular weight is 300 g/mol. The molecule has 1 rings (SSSR count). The molecule has 6 nitrogen and oxygen atoms in total. The van der Waals surface area contributed by atoms with Gasteiger partial charge in [0.25, 0.3) is 0 Å². The van der Waals surface area contributed by atoms with Gasteiger partial charge in [-0.25, -0.2) is 0 Å². The normalized spacial score (nSPS) is 25.5. The Balaban J connectivity index is 2.90. The summed E-state index contributed by atoms with van der Waals surface area (Å²) in [4.78, 5) is 24.5. The number of nitrogens with zero attached hydrogens (tertiary/aromatic N) is 1. The van der Waals surface area contributed by atoms with Gasteiger partial charge in [-0.1, -0.05) is 19.3 Å². The van der Waals surface area contributed by atoms with Crippen molar-refractivity contribution in [1.82, 2.24) is 10.2 Å². The molecule has 0 radical (unpaired) electrons. The lowest BCUT2D eigenvalue weighted by molar-refractivity contribution is -0.157. The number of amides is 1. The minimum atomic E-state index is -2.72. The number of ether oxygens (including phenoxy) is 1. The van der Waals surface area contributed by atoms with Crippen molar-refractivity contribution in [3.8, 4) is 0 Å². The molecule has 1 aliphatic rings. The third-order valence-electron chi connectivity index (χ3n) is 3.39. The first-order valence-electron chi connectivity index (χ1n) is 8.89. The summed E-state index contributed by atoms with van der Waals surface area (Å²) in [6.07, 6.45) is 5.35. The summed E-state index contributed by atoms with van der Waals surface area (Å²) >= 11 is 0. The highest BCUT2D eigenvalue weighted by Gasteiger charge is 2.24. The zero-order chi connectivity index (χ0) is 18.4. The molecule has 0 spiro atoms. The van der Waals surface area contributed by atoms with Gasteiger partial charge < -0.3 is 9.64 Å². The molecule has 1 fully saturated rings. The van der Waals surface area contributed by atoms with E-state index in [9.17, 15) is 9.59 Å². The molecule has 0 saturated carbocycles. The van der Waals surface area contributed by atoms with Gasteiger partial charge in [0.15, 0.2) is 5.96 Å². The molecule has 6 heteroatoms. The fourth-order valence-corrected chi connectivity index (χ4v) is 2.23. The van der Waals surface area contributed by atoms with E-state index >= 15 is 0 Å². The van der Waals surface area contributed by atoms with Gasteiger partial charge in [-0.15, -0.1) is 0 Å². The fraction of sp³-hybridized carbons (Fsp3) is 0.800. The van der Waals surface area contributed by atoms with Gasteiger partial charge in [0.1, 0.15) is 12.1 Å². The van der Waals surface area contributed by atoms with Crippen molar-refractivity contribution < 1.29 is 18.4 Å². The monoisotopic (exact) mass is 300 g/mol. The van der Waals surface area contributed by atoms with Gasteiger partial charge in [-0.3, -0.25) is 20.3 Å². The molecular formula is C15H27N3O3. The lowest BCUT2D eigenvalue weighted by Gasteiger charge is -2.27. The van der Waals surface area contributed by atoms with Crippen molar-refractivity contribution in [1.29, 1.82) is 5.41 Å². The minimum absolute atomic E-state index is 0.229. The highest BCUT2D eigenvalue weighted by atomic mass is 16.6. The van der Waals surface area contributed by atoms with Crippen molar-refractivity contribution in [2.24, 2.45) is 0 Å². The molecule has 120 valence electrons. The van der Waals surface area contributed by atoms with Gasteiger partial charge in [0.2, 0.25) is 5.91 Å². The van der Waals surface area contributed by atoms with Gasteiger partial charge in [0.05, 0.1) is 0 Å². The third-order valence-corrected chi connectivity index (χ3v) is 3.39. The molecule has 0 bridgehead atoms. The maximum absolute atomic E-state index is 12.1. The number of hydrogen-bond acceptors (Lipinski definition) is 4. The number of cyclic esters (lactones) is 1. The van der Waals surface area contributed by atoms with Crippen LogP contribution in [0.4, 0.5) is 0 Å². The van der Waals surface area contributed by atoms with Gasteiger partial charge in [-0.2, -0.15) is 0 Å². The van der Waals surface area contributed by atoms with Crippen LogP contribution in [0.5, 0.6) is 0 Å². The number of carbonyl (C=O) groups is 2. The summed E-state index contributed by atoms with van der Waals surface area (Å²) in [5.41, 5.74) is -0.691. The predicted octanol–water partition coefficient (Wildman–Crippen LogP) is 2.04. The Kier molecular flexibility index (Phi) is 4.99. The molecule has 0 aromatic heterocycles. The number of hydrogen-bond donors (Lipinski definition) is 2. The predicted molar refractivity (Wildman–Crippen MR) is 81.0 cm³/mol. The summed E-state index contributed by atoms with van der Waals surface area (Å²) in [6, 6.07) is 0. The van der Waals surface area contributed by atoms with Crippen LogP contribution in [0.3, 0.4) is 0 Å². The van der Waals surface area contributed by atoms with E-state index in [1.165, 1.54) is 0 Å². The van der Waals surface area contributed by atoms with Crippen molar-refractivity contribution in [3.05, 3.63) is 0 Å². The number of rotatable bonds is 0. The molecule has 0 aromatic rings. The quantitative estimate of drug-likeness (QED) is 0.671. The Morgan fingerprint density at radius 1 is 1.24 bits per heavy atom. The number of carbonyl (C=O) groups excluding carboxylic acids is 2. The van der Waals surface area contributed by atoms with E-state index in [0.29, 0.717) is 17.7 Å². The number of guanidine groups is 1. The van der Waals surface area contributed by atoms with Gasteiger partial charge in [0, 0.05) is 17.5 Å². The Morgan fingerprint density at radius 2 is 1.90 bits per heavy atom. The van der Waals surface area contributed by atoms with Crippen LogP contribution in [0.1, 0.15) is 62.9 Å². The first kappa shape index (κ1) is 13.1. The number of likely N-dealkylation sites (N-methyl/N-ethyl adjacent to an activating group) is 1. The average Bonchev–Trinajstić information content (AvgIpc) is 2.41. The van der Waals surface area contributed by atoms with Gasteiger partial charge >= 0.3 is 5.97 Å². The third kappa shape index (κ3) is 7.11. The van der Waals surface area contributed by atoms with Crippen molar-refractivity contribution >= 4 is 17.8 Å². The van der Waals surface area contributed by atoms with E-state index in [1.807, 2.05) is 0 Å². The SMILES string of the molecule is [2H]C([2H])([2H])N1CC(=O)OC(C)(C)CCCCCCCC(=O)NC1=N. The second-order valence-corrected chi connectivity index (χ2v) is 5.98. The topological polar surface area (TPSA) is 82.5 Å². The van der Waals surface area contributed by atoms with Crippen molar-refractivity contribution in [2.75, 3.05) is 13.5 Å². The Morgan fingerprint density at radius 3 is 2.62 bits per heavy atom. The summed E-state index contributed by atoms with van der Waals surface area (Å²) in [5, 5.41) is 10.1. The van der Waals surface area contributed by atoms with E-state index in [2.05, 4.69) is 5.32 Å². The maximum atomic E-state index is 12.1. The number of nitrogens with one attached hydrogen (secondary N) is 2. The van der Waals surface area contributed by atoms with E-state index in [4.69, 9.17) is 14.3 Å². The number of esters is 1. The Hall–Kier alpha value is -1.59. The van der Waals surface area contributed by atoms with Crippen LogP contribution >= 0.6 is 0 Å². The summed E-state index contributed by atoms with van der Waals surface area (Å²) in [6.45, 7) is 0.242. The first-order chi connectivity index (χ1) is 11.0. The summed E-state index contributed by atoms with van der Waals surface area (Å²) in [5.74, 6) is -1.76. The molecule has 1 aliphatic heterocycles. The van der Waals surface area contributed by atoms with Crippen molar-refractivity contribution in [2.45, 2.75) is 64.4 Å². The van der Waals surface area contributed by atoms with E-state index in [1.54, 1.807) is 13.8 Å². The smallest absolute Gasteiger partial charge is 0.326 e. The van der Waals surface area contributed by atoms with Crippen LogP contribution in [0, 0.1) is 5.41 Å². The Bertz CT molecular complexity index is 478. The van der Waals surface area contributed by atoms with E-state index in [0.717, 1.165) is 25.7 Å². The minimum Gasteiger partial charge on any atom is -0.458 e. The lowest BCUT2D eigenvalue weighted by atomic mass is 9.99. The second-order valence-electron chi connectivity index (χ2n) is 5.98. The standard InChI is InChI=1S/C15H27N3O3/c1-15(2)10-8-6-4-5-7-9-12(19)17-14(16)18(3)11-13(20)21-15/h4-11H2,1-3H3,(H2,16,17,19)/i3D3. The van der Waals surface area contributed by atoms with Crippen LogP contribution in [0.25, 0.3) is 0 Å². The lowest BCUT2D eigenvalue weighted by Crippen LogP contribution is -2.44. The highest BCUT2D eigenvalue weighted by Crippen LogP contribution is 2.20. The molecule has 0 atom stereocenters. The van der Waals surface area contributed by atoms with Crippen molar-refractivity contribution in [3.63, 3.8) is 0 Å². The van der Waals surface area contributed by atoms with Crippen LogP contribution < -0.4 is 5.32 Å². The fourth-order valence-electron chi connectivity index (χ4n) is 2.23. The van der Waals surface area contributed by atoms with Gasteiger partial charge in [-0.05, 0) is 33.1 Å². The molecule has 0 aliphatic carbocycles. The van der Waals surface area contributed by atoms with E-state index in [-0.39, 0.29) is 6.42 Å². The molecule has 0 unspecified atom stereocenters. The maximum Gasteiger partial charge on any atom is 0.326 e. The molecule has 21 heavy (non-hydrogen) atoms. The summed E-state index contributed by atoms with van der Waals surface area (Å²) in [7, 11) is 0. The molecular weight excluding hydrogens is 270 g/mol. The van der Waals surface area contributed by atoms with Crippen LogP contribution in [-0.2, 0) is 14.3 Å².